The first-order valence-corrected chi connectivity index (χ1v) is 8.66. The Morgan fingerprint density at radius 2 is 2.05 bits per heavy atom. The van der Waals surface area contributed by atoms with E-state index < -0.39 is 10.0 Å². The largest absolute Gasteiger partial charge is 0.495 e. The molecule has 1 N–H and O–H groups in total. The fourth-order valence-corrected chi connectivity index (χ4v) is 4.42. The normalized spacial score (nSPS) is 11.4. The summed E-state index contributed by atoms with van der Waals surface area (Å²) in [5.41, 5.74) is 0.515. The smallest absolute Gasteiger partial charge is 0.265 e. The summed E-state index contributed by atoms with van der Waals surface area (Å²) in [6.07, 6.45) is 0. The van der Waals surface area contributed by atoms with Crippen LogP contribution in [0.5, 0.6) is 5.75 Å². The number of benzene rings is 1. The molecule has 1 aromatic carbocycles. The number of ether oxygens (including phenoxy) is 1. The predicted molar refractivity (Wildman–Crippen MR) is 85.7 cm³/mol. The topological polar surface area (TPSA) is 58.6 Å². The summed E-state index contributed by atoms with van der Waals surface area (Å²) < 4.78 is 31.8. The molecule has 0 fully saturated rings. The van der Waals surface area contributed by atoms with E-state index >= 15 is 0 Å². The van der Waals surface area contributed by atoms with Crippen molar-refractivity contribution in [1.29, 1.82) is 0 Å². The van der Waals surface area contributed by atoms with E-state index in [1.54, 1.807) is 35.7 Å². The highest BCUT2D eigenvalue weighted by Crippen LogP contribution is 2.32. The second-order valence-electron chi connectivity index (χ2n) is 4.42. The van der Waals surface area contributed by atoms with E-state index in [1.807, 2.05) is 7.05 Å². The van der Waals surface area contributed by atoms with Crippen LogP contribution in [0.15, 0.2) is 40.6 Å². The Morgan fingerprint density at radius 3 is 2.71 bits per heavy atom. The molecular formula is C14H18N2O3S2. The van der Waals surface area contributed by atoms with Crippen molar-refractivity contribution >= 4 is 27.0 Å². The summed E-state index contributed by atoms with van der Waals surface area (Å²) in [6, 6.07) is 8.74. The molecule has 1 heterocycles. The minimum atomic E-state index is -3.59. The van der Waals surface area contributed by atoms with Gasteiger partial charge in [-0.1, -0.05) is 12.1 Å². The van der Waals surface area contributed by atoms with Crippen molar-refractivity contribution in [3.8, 4) is 5.75 Å². The number of thiophene rings is 1. The highest BCUT2D eigenvalue weighted by Gasteiger charge is 2.24. The fraction of sp³-hybridized carbons (Fsp3) is 0.286. The van der Waals surface area contributed by atoms with E-state index in [2.05, 4.69) is 5.32 Å². The quantitative estimate of drug-likeness (QED) is 0.885. The number of para-hydroxylation sites is 2. The molecule has 0 unspecified atom stereocenters. The van der Waals surface area contributed by atoms with Crippen LogP contribution in [-0.4, -0.2) is 29.6 Å². The van der Waals surface area contributed by atoms with Crippen LogP contribution in [-0.2, 0) is 16.6 Å². The molecule has 2 aromatic rings. The number of hydrogen-bond donors (Lipinski definition) is 1. The number of sulfonamides is 1. The average Bonchev–Trinajstić information content (AvgIpc) is 2.96. The maximum Gasteiger partial charge on any atom is 0.265 e. The maximum absolute atomic E-state index is 12.7. The Balaban J connectivity index is 2.37. The van der Waals surface area contributed by atoms with Crippen LogP contribution in [0.4, 0.5) is 5.69 Å². The fourth-order valence-electron chi connectivity index (χ4n) is 1.94. The third-order valence-corrected chi connectivity index (χ3v) is 5.90. The van der Waals surface area contributed by atoms with Gasteiger partial charge in [0.1, 0.15) is 5.75 Å². The summed E-state index contributed by atoms with van der Waals surface area (Å²) in [7, 11) is 1.30. The van der Waals surface area contributed by atoms with Crippen LogP contribution < -0.4 is 14.4 Å². The Morgan fingerprint density at radius 1 is 1.33 bits per heavy atom. The summed E-state index contributed by atoms with van der Waals surface area (Å²) >= 11 is 1.42. The molecule has 0 aliphatic heterocycles. The lowest BCUT2D eigenvalue weighted by Crippen LogP contribution is -2.26. The summed E-state index contributed by atoms with van der Waals surface area (Å²) in [6.45, 7) is 0.651. The van der Waals surface area contributed by atoms with Gasteiger partial charge in [0, 0.05) is 23.8 Å². The zero-order valence-corrected chi connectivity index (χ0v) is 13.8. The average molecular weight is 326 g/mol. The third kappa shape index (κ3) is 3.20. The number of anilines is 1. The van der Waals surface area contributed by atoms with Crippen molar-refractivity contribution in [3.05, 3.63) is 40.6 Å². The van der Waals surface area contributed by atoms with Gasteiger partial charge in [-0.25, -0.2) is 8.42 Å². The standard InChI is InChI=1S/C14H18N2O3S2/c1-15-9-11-8-12(10-20-11)21(17,18)16(2)13-6-4-5-7-14(13)19-3/h4-8,10,15H,9H2,1-3H3. The van der Waals surface area contributed by atoms with Gasteiger partial charge in [-0.15, -0.1) is 11.3 Å². The van der Waals surface area contributed by atoms with Crippen LogP contribution in [0.2, 0.25) is 0 Å². The Hall–Kier alpha value is -1.57. The number of hydrogen-bond acceptors (Lipinski definition) is 5. The summed E-state index contributed by atoms with van der Waals surface area (Å²) in [5, 5.41) is 4.67. The van der Waals surface area contributed by atoms with Gasteiger partial charge in [-0.2, -0.15) is 0 Å². The molecule has 0 amide bonds. The zero-order chi connectivity index (χ0) is 15.5. The number of rotatable bonds is 6. The molecule has 5 nitrogen and oxygen atoms in total. The van der Waals surface area contributed by atoms with Crippen molar-refractivity contribution in [2.24, 2.45) is 0 Å². The number of nitrogens with one attached hydrogen (secondary N) is 1. The molecule has 7 heteroatoms. The predicted octanol–water partition coefficient (Wildman–Crippen LogP) is 2.30. The molecule has 0 saturated carbocycles. The Kier molecular flexibility index (Phi) is 4.87. The first-order chi connectivity index (χ1) is 10.0. The van der Waals surface area contributed by atoms with Crippen LogP contribution >= 0.6 is 11.3 Å². The van der Waals surface area contributed by atoms with Gasteiger partial charge in [-0.05, 0) is 25.2 Å². The van der Waals surface area contributed by atoms with Crippen molar-refractivity contribution in [2.75, 3.05) is 25.5 Å². The monoisotopic (exact) mass is 326 g/mol. The van der Waals surface area contributed by atoms with E-state index in [0.29, 0.717) is 22.9 Å². The van der Waals surface area contributed by atoms with Crippen LogP contribution in [0.25, 0.3) is 0 Å². The molecule has 0 radical (unpaired) electrons. The van der Waals surface area contributed by atoms with Crippen LogP contribution in [0, 0.1) is 0 Å². The van der Waals surface area contributed by atoms with Crippen LogP contribution in [0.1, 0.15) is 4.88 Å². The molecule has 0 aliphatic rings. The van der Waals surface area contributed by atoms with Crippen molar-refractivity contribution in [1.82, 2.24) is 5.32 Å². The minimum absolute atomic E-state index is 0.297. The van der Waals surface area contributed by atoms with Crippen molar-refractivity contribution in [3.63, 3.8) is 0 Å². The maximum atomic E-state index is 12.7. The second-order valence-corrected chi connectivity index (χ2v) is 7.39. The summed E-state index contributed by atoms with van der Waals surface area (Å²) in [4.78, 5) is 1.27. The van der Waals surface area contributed by atoms with Crippen molar-refractivity contribution in [2.45, 2.75) is 11.4 Å². The van der Waals surface area contributed by atoms with Crippen molar-refractivity contribution < 1.29 is 13.2 Å². The van der Waals surface area contributed by atoms with Gasteiger partial charge in [0.15, 0.2) is 0 Å². The highest BCUT2D eigenvalue weighted by atomic mass is 32.2. The lowest BCUT2D eigenvalue weighted by atomic mass is 10.3. The van der Waals surface area contributed by atoms with Gasteiger partial charge < -0.3 is 10.1 Å². The van der Waals surface area contributed by atoms with E-state index in [0.717, 1.165) is 4.88 Å². The van der Waals surface area contributed by atoms with Gasteiger partial charge in [-0.3, -0.25) is 4.31 Å². The molecule has 0 aliphatic carbocycles. The Bertz CT molecular complexity index is 711. The number of methoxy groups -OCH3 is 1. The number of nitrogens with zero attached hydrogens (tertiary/aromatic N) is 1. The Labute approximate surface area is 129 Å². The molecule has 0 spiro atoms. The summed E-state index contributed by atoms with van der Waals surface area (Å²) in [5.74, 6) is 0.522. The molecule has 2 rings (SSSR count). The molecule has 0 bridgehead atoms. The van der Waals surface area contributed by atoms with Gasteiger partial charge >= 0.3 is 0 Å². The van der Waals surface area contributed by atoms with Gasteiger partial charge in [0.2, 0.25) is 0 Å². The van der Waals surface area contributed by atoms with E-state index in [-0.39, 0.29) is 0 Å². The van der Waals surface area contributed by atoms with E-state index in [4.69, 9.17) is 4.74 Å². The van der Waals surface area contributed by atoms with Gasteiger partial charge in [0.25, 0.3) is 10.0 Å². The zero-order valence-electron chi connectivity index (χ0n) is 12.2. The van der Waals surface area contributed by atoms with E-state index in [1.165, 1.54) is 29.8 Å². The third-order valence-electron chi connectivity index (χ3n) is 3.06. The van der Waals surface area contributed by atoms with Gasteiger partial charge in [0.05, 0.1) is 17.7 Å². The lowest BCUT2D eigenvalue weighted by molar-refractivity contribution is 0.416. The second kappa shape index (κ2) is 6.46. The molecule has 0 saturated heterocycles. The molecular weight excluding hydrogens is 308 g/mol. The molecule has 114 valence electrons. The SMILES string of the molecule is CNCc1cc(S(=O)(=O)N(C)c2ccccc2OC)cs1. The molecule has 1 aromatic heterocycles. The first-order valence-electron chi connectivity index (χ1n) is 6.34. The minimum Gasteiger partial charge on any atom is -0.495 e. The first kappa shape index (κ1) is 15.8. The lowest BCUT2D eigenvalue weighted by Gasteiger charge is -2.20. The highest BCUT2D eigenvalue weighted by molar-refractivity contribution is 7.93. The van der Waals surface area contributed by atoms with E-state index in [9.17, 15) is 8.42 Å². The molecule has 21 heavy (non-hydrogen) atoms. The van der Waals surface area contributed by atoms with Crippen LogP contribution in [0.3, 0.4) is 0 Å². The molecule has 0 atom stereocenters.